The number of halogens is 1. The minimum absolute atomic E-state index is 0.0692. The Hall–Kier alpha value is -3.28. The third kappa shape index (κ3) is 3.90. The molecule has 0 saturated heterocycles. The van der Waals surface area contributed by atoms with Crippen LogP contribution in [0.3, 0.4) is 0 Å². The summed E-state index contributed by atoms with van der Waals surface area (Å²) in [6.07, 6.45) is 0. The topological polar surface area (TPSA) is 87.5 Å². The third-order valence-corrected chi connectivity index (χ3v) is 7.09. The molecule has 1 aliphatic heterocycles. The molecule has 0 bridgehead atoms. The predicted octanol–water partition coefficient (Wildman–Crippen LogP) is 3.07. The average molecular weight is 449 g/mol. The van der Waals surface area contributed by atoms with Gasteiger partial charge < -0.3 is 4.74 Å². The van der Waals surface area contributed by atoms with Gasteiger partial charge in [0.05, 0.1) is 34.3 Å². The number of nitrogens with zero attached hydrogens (tertiary/aromatic N) is 2. The fourth-order valence-electron chi connectivity index (χ4n) is 3.31. The number of rotatable bonds is 5. The predicted molar refractivity (Wildman–Crippen MR) is 117 cm³/mol. The van der Waals surface area contributed by atoms with Gasteiger partial charge in [-0.3, -0.25) is 4.31 Å². The second kappa shape index (κ2) is 8.10. The lowest BCUT2D eigenvalue weighted by molar-refractivity contribution is 0.0535. The van der Waals surface area contributed by atoms with E-state index in [-0.39, 0.29) is 29.3 Å². The van der Waals surface area contributed by atoms with E-state index in [4.69, 9.17) is 24.2 Å². The summed E-state index contributed by atoms with van der Waals surface area (Å²) in [4.78, 5) is 12.0. The molecule has 3 aromatic carbocycles. The molecule has 9 heteroatoms. The highest BCUT2D eigenvalue weighted by atomic mass is 35.5. The van der Waals surface area contributed by atoms with Crippen molar-refractivity contribution in [3.05, 3.63) is 87.9 Å². The van der Waals surface area contributed by atoms with Crippen LogP contribution in [0.1, 0.15) is 27.0 Å². The van der Waals surface area contributed by atoms with Crippen molar-refractivity contribution in [2.24, 2.45) is 0 Å². The van der Waals surface area contributed by atoms with E-state index in [1.807, 2.05) is 6.07 Å². The lowest BCUT2D eigenvalue weighted by atomic mass is 9.90. The van der Waals surface area contributed by atoms with Gasteiger partial charge >= 0.3 is 5.97 Å². The number of ether oxygens (including phenoxy) is 1. The molecule has 0 saturated carbocycles. The Labute approximate surface area is 186 Å². The van der Waals surface area contributed by atoms with E-state index in [1.165, 1.54) is 30.3 Å². The summed E-state index contributed by atoms with van der Waals surface area (Å²) in [5.41, 5.74) is 2.19. The van der Waals surface area contributed by atoms with Gasteiger partial charge in [0.25, 0.3) is 10.0 Å². The largest absolute Gasteiger partial charge is 0.457 e. The van der Waals surface area contributed by atoms with E-state index in [0.29, 0.717) is 27.2 Å². The number of nitriles is 1. The number of sulfonamides is 1. The van der Waals surface area contributed by atoms with Crippen molar-refractivity contribution in [2.75, 3.05) is 4.31 Å². The highest BCUT2D eigenvalue weighted by Gasteiger charge is 2.29. The minimum atomic E-state index is -4.14. The molecule has 0 unspecified atom stereocenters. The maximum Gasteiger partial charge on any atom is 0.338 e. The van der Waals surface area contributed by atoms with Crippen LogP contribution in [-0.2, 0) is 27.9 Å². The maximum absolute atomic E-state index is 13.6. The molecule has 31 heavy (non-hydrogen) atoms. The van der Waals surface area contributed by atoms with Crippen LogP contribution < -0.4 is 9.77 Å². The number of carbonyl (C=O) groups is 1. The molecule has 3 aromatic rings. The fraction of sp³-hybridized carbons (Fsp3) is 0.0909. The summed E-state index contributed by atoms with van der Waals surface area (Å²) in [6.45, 7) is -0.0265. The molecule has 0 atom stereocenters. The Bertz CT molecular complexity index is 1330. The quantitative estimate of drug-likeness (QED) is 0.442. The highest BCUT2D eigenvalue weighted by molar-refractivity contribution is 7.92. The van der Waals surface area contributed by atoms with Gasteiger partial charge in [0.15, 0.2) is 0 Å². The van der Waals surface area contributed by atoms with E-state index in [9.17, 15) is 18.5 Å². The van der Waals surface area contributed by atoms with E-state index in [0.717, 1.165) is 4.31 Å². The van der Waals surface area contributed by atoms with Crippen LogP contribution in [-0.4, -0.2) is 22.2 Å². The Morgan fingerprint density at radius 1 is 1.13 bits per heavy atom. The number of carbonyl (C=O) groups excluding carboxylic acids is 1. The number of hydrogen-bond acceptors (Lipinski definition) is 5. The Morgan fingerprint density at radius 2 is 1.90 bits per heavy atom. The van der Waals surface area contributed by atoms with Crippen molar-refractivity contribution in [1.29, 1.82) is 5.26 Å². The normalized spacial score (nSPS) is 12.7. The number of anilines is 1. The van der Waals surface area contributed by atoms with Crippen molar-refractivity contribution in [2.45, 2.75) is 18.0 Å². The van der Waals surface area contributed by atoms with Crippen LogP contribution >= 0.6 is 11.6 Å². The zero-order valence-corrected chi connectivity index (χ0v) is 17.7. The molecule has 0 aliphatic carbocycles. The summed E-state index contributed by atoms with van der Waals surface area (Å²) in [5.74, 6) is -0.516. The second-order valence-corrected chi connectivity index (χ2v) is 9.15. The van der Waals surface area contributed by atoms with Crippen LogP contribution in [0, 0.1) is 11.3 Å². The molecule has 0 fully saturated rings. The molecular formula is C22H14BClN2O4S. The lowest BCUT2D eigenvalue weighted by Gasteiger charge is -2.26. The first-order valence-corrected chi connectivity index (χ1v) is 11.0. The molecule has 6 nitrogen and oxygen atoms in total. The first-order chi connectivity index (χ1) is 14.8. The van der Waals surface area contributed by atoms with E-state index >= 15 is 0 Å². The molecular weight excluding hydrogens is 435 g/mol. The molecule has 0 amide bonds. The van der Waals surface area contributed by atoms with Crippen LogP contribution in [0.5, 0.6) is 0 Å². The molecule has 0 aromatic heterocycles. The monoisotopic (exact) mass is 448 g/mol. The van der Waals surface area contributed by atoms with E-state index in [1.54, 1.807) is 30.3 Å². The number of fused-ring (bicyclic) bond motifs is 1. The van der Waals surface area contributed by atoms with Gasteiger partial charge in [-0.05, 0) is 42.0 Å². The average Bonchev–Trinajstić information content (AvgIpc) is 3.13. The van der Waals surface area contributed by atoms with Gasteiger partial charge in [0.2, 0.25) is 0 Å². The first kappa shape index (κ1) is 21.0. The Morgan fingerprint density at radius 3 is 2.65 bits per heavy atom. The first-order valence-electron chi connectivity index (χ1n) is 9.17. The molecule has 2 radical (unpaired) electrons. The summed E-state index contributed by atoms with van der Waals surface area (Å²) < 4.78 is 33.4. The molecule has 1 heterocycles. The zero-order chi connectivity index (χ0) is 22.2. The Balaban J connectivity index is 1.88. The standard InChI is InChI=1S/C22H14BClN2O4S/c23-20-5-2-6-21(24)19(20)12-26(16-8-7-15-13-30-22(27)18(15)10-16)31(28,29)17-4-1-3-14(9-17)11-25/h1-10H,12-13H2. The van der Waals surface area contributed by atoms with E-state index in [2.05, 4.69) is 0 Å². The second-order valence-electron chi connectivity index (χ2n) is 6.88. The molecule has 152 valence electrons. The highest BCUT2D eigenvalue weighted by Crippen LogP contribution is 2.31. The smallest absolute Gasteiger partial charge is 0.338 e. The Kier molecular flexibility index (Phi) is 5.48. The summed E-state index contributed by atoms with van der Waals surface area (Å²) in [5, 5.41) is 9.49. The summed E-state index contributed by atoms with van der Waals surface area (Å²) >= 11 is 6.30. The van der Waals surface area contributed by atoms with Crippen LogP contribution in [0.15, 0.2) is 65.6 Å². The van der Waals surface area contributed by atoms with Crippen molar-refractivity contribution in [3.63, 3.8) is 0 Å². The van der Waals surface area contributed by atoms with Crippen LogP contribution in [0.25, 0.3) is 0 Å². The number of esters is 1. The van der Waals surface area contributed by atoms with Crippen molar-refractivity contribution >= 4 is 46.6 Å². The van der Waals surface area contributed by atoms with Crippen LogP contribution in [0.4, 0.5) is 5.69 Å². The number of hydrogen-bond donors (Lipinski definition) is 0. The van der Waals surface area contributed by atoms with Gasteiger partial charge in [-0.15, -0.1) is 0 Å². The zero-order valence-electron chi connectivity index (χ0n) is 16.1. The lowest BCUT2D eigenvalue weighted by Crippen LogP contribution is -2.33. The van der Waals surface area contributed by atoms with Crippen LogP contribution in [0.2, 0.25) is 5.02 Å². The molecule has 0 N–H and O–H groups in total. The molecule has 0 spiro atoms. The van der Waals surface area contributed by atoms with Gasteiger partial charge in [0, 0.05) is 10.6 Å². The third-order valence-electron chi connectivity index (χ3n) is 4.97. The van der Waals surface area contributed by atoms with Gasteiger partial charge in [-0.25, -0.2) is 13.2 Å². The number of cyclic esters (lactones) is 1. The van der Waals surface area contributed by atoms with Crippen molar-refractivity contribution in [1.82, 2.24) is 0 Å². The summed E-state index contributed by atoms with van der Waals surface area (Å²) in [7, 11) is 1.93. The maximum atomic E-state index is 13.6. The minimum Gasteiger partial charge on any atom is -0.457 e. The fourth-order valence-corrected chi connectivity index (χ4v) is 5.02. The summed E-state index contributed by atoms with van der Waals surface area (Å²) in [6, 6.07) is 17.3. The molecule has 1 aliphatic rings. The number of benzene rings is 3. The van der Waals surface area contributed by atoms with Gasteiger partial charge in [-0.2, -0.15) is 5.26 Å². The molecule has 4 rings (SSSR count). The van der Waals surface area contributed by atoms with E-state index < -0.39 is 16.0 Å². The van der Waals surface area contributed by atoms with Crippen molar-refractivity contribution in [3.8, 4) is 6.07 Å². The van der Waals surface area contributed by atoms with Crippen molar-refractivity contribution < 1.29 is 17.9 Å². The SMILES string of the molecule is [B]c1cccc(Cl)c1CN(c1ccc2c(c1)C(=O)OC2)S(=O)(=O)c1cccc(C#N)c1. The van der Waals surface area contributed by atoms with Gasteiger partial charge in [0.1, 0.15) is 14.5 Å². The van der Waals surface area contributed by atoms with Gasteiger partial charge in [-0.1, -0.05) is 41.3 Å².